The van der Waals surface area contributed by atoms with E-state index in [1.165, 1.54) is 12.1 Å². The lowest BCUT2D eigenvalue weighted by atomic mass is 10.0. The Bertz CT molecular complexity index is 1170. The van der Waals surface area contributed by atoms with Gasteiger partial charge in [-0.1, -0.05) is 6.92 Å². The third-order valence-electron chi connectivity index (χ3n) is 5.87. The second-order valence-electron chi connectivity index (χ2n) is 7.86. The average Bonchev–Trinajstić information content (AvgIpc) is 3.11. The quantitative estimate of drug-likeness (QED) is 0.406. The van der Waals surface area contributed by atoms with E-state index in [0.717, 1.165) is 66.1 Å². The van der Waals surface area contributed by atoms with Crippen molar-refractivity contribution in [2.24, 2.45) is 0 Å². The van der Waals surface area contributed by atoms with E-state index in [9.17, 15) is 15.4 Å². The molecule has 1 saturated heterocycles. The largest absolute Gasteiger partial charge is 0.496 e. The van der Waals surface area contributed by atoms with Crippen LogP contribution < -0.4 is 4.74 Å². The number of nitriles is 1. The highest BCUT2D eigenvalue weighted by Crippen LogP contribution is 2.38. The first kappa shape index (κ1) is 21.8. The highest BCUT2D eigenvalue weighted by atomic mass is 16.6. The minimum absolute atomic E-state index is 0.0277. The fourth-order valence-corrected chi connectivity index (χ4v) is 4.34. The second-order valence-corrected chi connectivity index (χ2v) is 7.86. The molecule has 4 rings (SSSR count). The van der Waals surface area contributed by atoms with E-state index in [-0.39, 0.29) is 5.69 Å². The van der Waals surface area contributed by atoms with Crippen molar-refractivity contribution < 1.29 is 14.4 Å². The van der Waals surface area contributed by atoms with Gasteiger partial charge in [0.25, 0.3) is 5.69 Å². The van der Waals surface area contributed by atoms with E-state index in [1.807, 2.05) is 6.07 Å². The summed E-state index contributed by atoms with van der Waals surface area (Å²) >= 11 is 0. The highest BCUT2D eigenvalue weighted by Gasteiger charge is 2.22. The molecule has 0 radical (unpaired) electrons. The molecule has 0 bridgehead atoms. The summed E-state index contributed by atoms with van der Waals surface area (Å²) in [6, 6.07) is 12.9. The Morgan fingerprint density at radius 3 is 2.53 bits per heavy atom. The SMILES string of the molecule is CCCn1c(-c2ccc([N+](=O)[O-])cc2)c(C#N)c2cc(CN3CCOCC3)c(OC)cc21. The normalized spacial score (nSPS) is 14.4. The molecule has 1 fully saturated rings. The molecule has 0 unspecified atom stereocenters. The van der Waals surface area contributed by atoms with Crippen molar-refractivity contribution in [3.8, 4) is 23.1 Å². The van der Waals surface area contributed by atoms with E-state index in [1.54, 1.807) is 19.2 Å². The van der Waals surface area contributed by atoms with Gasteiger partial charge in [-0.15, -0.1) is 0 Å². The topological polar surface area (TPSA) is 93.6 Å². The number of aryl methyl sites for hydroxylation is 1. The van der Waals surface area contributed by atoms with Crippen molar-refractivity contribution in [1.29, 1.82) is 5.26 Å². The number of nitro groups is 1. The van der Waals surface area contributed by atoms with Gasteiger partial charge in [-0.2, -0.15) is 5.26 Å². The summed E-state index contributed by atoms with van der Waals surface area (Å²) in [6.45, 7) is 6.67. The van der Waals surface area contributed by atoms with Crippen molar-refractivity contribution in [3.63, 3.8) is 0 Å². The van der Waals surface area contributed by atoms with Gasteiger partial charge >= 0.3 is 0 Å². The molecule has 3 aromatic rings. The first-order valence-electron chi connectivity index (χ1n) is 10.8. The van der Waals surface area contributed by atoms with Crippen LogP contribution in [0.5, 0.6) is 5.75 Å². The van der Waals surface area contributed by atoms with Gasteiger partial charge in [0.15, 0.2) is 0 Å². The minimum atomic E-state index is -0.417. The maximum absolute atomic E-state index is 11.1. The molecule has 2 aromatic carbocycles. The van der Waals surface area contributed by atoms with E-state index in [2.05, 4.69) is 28.5 Å². The molecular weight excluding hydrogens is 408 g/mol. The number of nitrogens with zero attached hydrogens (tertiary/aromatic N) is 4. The third kappa shape index (κ3) is 4.05. The molecule has 0 N–H and O–H groups in total. The first-order valence-corrected chi connectivity index (χ1v) is 10.8. The van der Waals surface area contributed by atoms with E-state index < -0.39 is 4.92 Å². The molecule has 166 valence electrons. The second kappa shape index (κ2) is 9.39. The fraction of sp³-hybridized carbons (Fsp3) is 0.375. The Hall–Kier alpha value is -3.41. The van der Waals surface area contributed by atoms with Gasteiger partial charge in [-0.3, -0.25) is 15.0 Å². The van der Waals surface area contributed by atoms with E-state index >= 15 is 0 Å². The standard InChI is InChI=1S/C24H26N4O4/c1-3-8-27-22-14-23(31-2)18(16-26-9-11-32-12-10-26)13-20(22)21(15-25)24(27)17-4-6-19(7-5-17)28(29)30/h4-7,13-14H,3,8-12,16H2,1-2H3. The van der Waals surface area contributed by atoms with Gasteiger partial charge in [-0.25, -0.2) is 0 Å². The van der Waals surface area contributed by atoms with Gasteiger partial charge in [0.2, 0.25) is 0 Å². The predicted octanol–water partition coefficient (Wildman–Crippen LogP) is 4.34. The number of ether oxygens (including phenoxy) is 2. The molecule has 8 heteroatoms. The molecule has 0 amide bonds. The van der Waals surface area contributed by atoms with Crippen LogP contribution in [-0.2, 0) is 17.8 Å². The lowest BCUT2D eigenvalue weighted by molar-refractivity contribution is -0.384. The van der Waals surface area contributed by atoms with Crippen LogP contribution >= 0.6 is 0 Å². The molecule has 0 atom stereocenters. The van der Waals surface area contributed by atoms with Crippen molar-refractivity contribution in [3.05, 3.63) is 57.6 Å². The number of nitro benzene ring substituents is 1. The number of aromatic nitrogens is 1. The Balaban J connectivity index is 1.88. The van der Waals surface area contributed by atoms with Crippen LogP contribution in [0.2, 0.25) is 0 Å². The summed E-state index contributed by atoms with van der Waals surface area (Å²) in [5, 5.41) is 22.1. The van der Waals surface area contributed by atoms with Crippen LogP contribution in [-0.4, -0.2) is 47.8 Å². The zero-order chi connectivity index (χ0) is 22.7. The Labute approximate surface area is 186 Å². The smallest absolute Gasteiger partial charge is 0.269 e. The molecule has 0 saturated carbocycles. The summed E-state index contributed by atoms with van der Waals surface area (Å²) in [6.07, 6.45) is 0.881. The molecule has 8 nitrogen and oxygen atoms in total. The molecule has 32 heavy (non-hydrogen) atoms. The highest BCUT2D eigenvalue weighted by molar-refractivity contribution is 5.96. The number of rotatable bonds is 7. The maximum Gasteiger partial charge on any atom is 0.269 e. The number of fused-ring (bicyclic) bond motifs is 1. The van der Waals surface area contributed by atoms with Crippen molar-refractivity contribution in [2.75, 3.05) is 33.4 Å². The van der Waals surface area contributed by atoms with Crippen molar-refractivity contribution >= 4 is 16.6 Å². The minimum Gasteiger partial charge on any atom is -0.496 e. The summed E-state index contributed by atoms with van der Waals surface area (Å²) in [7, 11) is 1.67. The van der Waals surface area contributed by atoms with Gasteiger partial charge < -0.3 is 14.0 Å². The number of non-ortho nitro benzene ring substituents is 1. The van der Waals surface area contributed by atoms with Crippen LogP contribution in [0.25, 0.3) is 22.2 Å². The van der Waals surface area contributed by atoms with Crippen LogP contribution in [0, 0.1) is 21.4 Å². The molecule has 0 spiro atoms. The number of methoxy groups -OCH3 is 1. The predicted molar refractivity (Wildman–Crippen MR) is 122 cm³/mol. The first-order chi connectivity index (χ1) is 15.6. The van der Waals surface area contributed by atoms with E-state index in [4.69, 9.17) is 9.47 Å². The molecule has 1 aliphatic rings. The average molecular weight is 434 g/mol. The number of hydrogen-bond acceptors (Lipinski definition) is 6. The third-order valence-corrected chi connectivity index (χ3v) is 5.87. The molecule has 0 aliphatic carbocycles. The zero-order valence-corrected chi connectivity index (χ0v) is 18.3. The lowest BCUT2D eigenvalue weighted by Crippen LogP contribution is -2.35. The lowest BCUT2D eigenvalue weighted by Gasteiger charge is -2.27. The zero-order valence-electron chi connectivity index (χ0n) is 18.3. The summed E-state index contributed by atoms with van der Waals surface area (Å²) in [5.41, 5.74) is 4.13. The molecule has 1 aliphatic heterocycles. The Kier molecular flexibility index (Phi) is 6.40. The van der Waals surface area contributed by atoms with E-state index in [0.29, 0.717) is 18.8 Å². The Morgan fingerprint density at radius 2 is 1.94 bits per heavy atom. The number of hydrogen-bond donors (Lipinski definition) is 0. The number of benzene rings is 2. The van der Waals surface area contributed by atoms with Gasteiger partial charge in [0.1, 0.15) is 11.8 Å². The number of morpholine rings is 1. The monoisotopic (exact) mass is 434 g/mol. The van der Waals surface area contributed by atoms with Crippen LogP contribution in [0.15, 0.2) is 36.4 Å². The van der Waals surface area contributed by atoms with Crippen molar-refractivity contribution in [2.45, 2.75) is 26.4 Å². The fourth-order valence-electron chi connectivity index (χ4n) is 4.34. The Morgan fingerprint density at radius 1 is 1.22 bits per heavy atom. The van der Waals surface area contributed by atoms with Gasteiger partial charge in [0.05, 0.1) is 42.0 Å². The van der Waals surface area contributed by atoms with Crippen LogP contribution in [0.3, 0.4) is 0 Å². The molecule has 1 aromatic heterocycles. The molecular formula is C24H26N4O4. The summed E-state index contributed by atoms with van der Waals surface area (Å²) in [4.78, 5) is 13.0. The summed E-state index contributed by atoms with van der Waals surface area (Å²) in [5.74, 6) is 0.790. The van der Waals surface area contributed by atoms with Gasteiger partial charge in [0, 0.05) is 60.9 Å². The van der Waals surface area contributed by atoms with Crippen LogP contribution in [0.1, 0.15) is 24.5 Å². The summed E-state index contributed by atoms with van der Waals surface area (Å²) < 4.78 is 13.3. The maximum atomic E-state index is 11.1. The van der Waals surface area contributed by atoms with Gasteiger partial charge in [-0.05, 0) is 24.6 Å². The van der Waals surface area contributed by atoms with Crippen LogP contribution in [0.4, 0.5) is 5.69 Å². The molecule has 2 heterocycles. The van der Waals surface area contributed by atoms with Crippen molar-refractivity contribution in [1.82, 2.24) is 9.47 Å².